The molecule has 0 aliphatic heterocycles. The number of fused-ring (bicyclic) bond motifs is 1. The van der Waals surface area contributed by atoms with Gasteiger partial charge in [-0.15, -0.1) is 0 Å². The van der Waals surface area contributed by atoms with E-state index in [1.807, 2.05) is 67.6 Å². The molecule has 0 saturated heterocycles. The maximum atomic E-state index is 13.1. The first-order valence-corrected chi connectivity index (χ1v) is 11.1. The van der Waals surface area contributed by atoms with Crippen LogP contribution >= 0.6 is 0 Å². The van der Waals surface area contributed by atoms with Crippen molar-refractivity contribution in [3.8, 4) is 22.5 Å². The van der Waals surface area contributed by atoms with Crippen LogP contribution in [-0.4, -0.2) is 38.1 Å². The Labute approximate surface area is 191 Å². The van der Waals surface area contributed by atoms with Gasteiger partial charge < -0.3 is 16.2 Å². The lowest BCUT2D eigenvalue weighted by Crippen LogP contribution is -2.43. The summed E-state index contributed by atoms with van der Waals surface area (Å²) in [6.07, 6.45) is 2.70. The number of nitrogens with two attached hydrogens (primary N) is 1. The van der Waals surface area contributed by atoms with Crippen molar-refractivity contribution < 1.29 is 9.90 Å². The molecule has 4 aromatic rings. The number of pyridine rings is 1. The Kier molecular flexibility index (Phi) is 5.48. The Morgan fingerprint density at radius 3 is 2.55 bits per heavy atom. The van der Waals surface area contributed by atoms with Gasteiger partial charge in [0.1, 0.15) is 0 Å². The average Bonchev–Trinajstić information content (AvgIpc) is 3.16. The van der Waals surface area contributed by atoms with Crippen molar-refractivity contribution in [3.05, 3.63) is 72.6 Å². The zero-order valence-corrected chi connectivity index (χ0v) is 18.3. The van der Waals surface area contributed by atoms with Gasteiger partial charge in [0.2, 0.25) is 0 Å². The van der Waals surface area contributed by atoms with Crippen LogP contribution in [0.5, 0.6) is 0 Å². The van der Waals surface area contributed by atoms with Crippen LogP contribution in [0.25, 0.3) is 33.4 Å². The SMILES string of the molecule is C[C@H]1CC[C@H](O)[C@H]1NC(=O)c1nc(-c2ccc3ncccc3c2)c(-c2ccccc2)nc1N. The molecule has 0 spiro atoms. The first-order chi connectivity index (χ1) is 16.0. The topological polar surface area (TPSA) is 114 Å². The van der Waals surface area contributed by atoms with E-state index < -0.39 is 12.0 Å². The highest BCUT2D eigenvalue weighted by atomic mass is 16.3. The van der Waals surface area contributed by atoms with E-state index in [4.69, 9.17) is 10.7 Å². The van der Waals surface area contributed by atoms with Gasteiger partial charge in [0.15, 0.2) is 11.5 Å². The highest BCUT2D eigenvalue weighted by Crippen LogP contribution is 2.32. The summed E-state index contributed by atoms with van der Waals surface area (Å²) < 4.78 is 0. The second kappa shape index (κ2) is 8.60. The number of aliphatic hydroxyl groups excluding tert-OH is 1. The molecule has 1 fully saturated rings. The molecule has 5 rings (SSSR count). The predicted octanol–water partition coefficient (Wildman–Crippen LogP) is 3.83. The van der Waals surface area contributed by atoms with Gasteiger partial charge >= 0.3 is 0 Å². The molecule has 4 N–H and O–H groups in total. The van der Waals surface area contributed by atoms with Crippen molar-refractivity contribution in [1.82, 2.24) is 20.3 Å². The molecule has 2 aromatic heterocycles. The lowest BCUT2D eigenvalue weighted by molar-refractivity contribution is 0.0846. The number of amides is 1. The van der Waals surface area contributed by atoms with E-state index in [9.17, 15) is 9.90 Å². The summed E-state index contributed by atoms with van der Waals surface area (Å²) in [5.74, 6) is -0.201. The van der Waals surface area contributed by atoms with Crippen LogP contribution < -0.4 is 11.1 Å². The van der Waals surface area contributed by atoms with E-state index >= 15 is 0 Å². The number of anilines is 1. The largest absolute Gasteiger partial charge is 0.391 e. The van der Waals surface area contributed by atoms with Gasteiger partial charge in [-0.25, -0.2) is 9.97 Å². The highest BCUT2D eigenvalue weighted by molar-refractivity contribution is 5.98. The van der Waals surface area contributed by atoms with Crippen LogP contribution in [0.3, 0.4) is 0 Å². The molecule has 166 valence electrons. The number of benzene rings is 2. The molecule has 0 radical (unpaired) electrons. The molecule has 1 aliphatic carbocycles. The van der Waals surface area contributed by atoms with Crippen molar-refractivity contribution in [2.75, 3.05) is 5.73 Å². The maximum absolute atomic E-state index is 13.1. The molecule has 1 saturated carbocycles. The Hall–Kier alpha value is -3.84. The third kappa shape index (κ3) is 4.03. The first-order valence-electron chi connectivity index (χ1n) is 11.1. The van der Waals surface area contributed by atoms with Gasteiger partial charge in [0.25, 0.3) is 5.91 Å². The third-order valence-electron chi connectivity index (χ3n) is 6.30. The summed E-state index contributed by atoms with van der Waals surface area (Å²) in [7, 11) is 0. The van der Waals surface area contributed by atoms with Crippen LogP contribution in [0.4, 0.5) is 5.82 Å². The number of nitrogens with zero attached hydrogens (tertiary/aromatic N) is 3. The van der Waals surface area contributed by atoms with Crippen LogP contribution in [-0.2, 0) is 0 Å². The molecule has 2 aromatic carbocycles. The van der Waals surface area contributed by atoms with Crippen molar-refractivity contribution in [2.24, 2.45) is 5.92 Å². The van der Waals surface area contributed by atoms with Crippen molar-refractivity contribution in [1.29, 1.82) is 0 Å². The first kappa shape index (κ1) is 21.0. The number of nitrogen functional groups attached to an aromatic ring is 1. The number of rotatable bonds is 4. The van der Waals surface area contributed by atoms with Gasteiger partial charge in [0, 0.05) is 22.7 Å². The number of carbonyl (C=O) groups excluding carboxylic acids is 1. The molecule has 1 aliphatic rings. The van der Waals surface area contributed by atoms with Crippen molar-refractivity contribution >= 4 is 22.6 Å². The molecule has 3 atom stereocenters. The molecule has 1 amide bonds. The van der Waals surface area contributed by atoms with Crippen LogP contribution in [0.2, 0.25) is 0 Å². The quantitative estimate of drug-likeness (QED) is 0.445. The highest BCUT2D eigenvalue weighted by Gasteiger charge is 2.34. The van der Waals surface area contributed by atoms with Gasteiger partial charge in [0.05, 0.1) is 29.1 Å². The number of aliphatic hydroxyl groups is 1. The fourth-order valence-electron chi connectivity index (χ4n) is 4.47. The second-order valence-electron chi connectivity index (χ2n) is 8.55. The monoisotopic (exact) mass is 439 g/mol. The number of nitrogens with one attached hydrogen (secondary N) is 1. The maximum Gasteiger partial charge on any atom is 0.274 e. The zero-order chi connectivity index (χ0) is 22.9. The minimum atomic E-state index is -0.575. The van der Waals surface area contributed by atoms with E-state index in [1.165, 1.54) is 0 Å². The summed E-state index contributed by atoms with van der Waals surface area (Å²) in [6, 6.07) is 19.0. The molecule has 7 nitrogen and oxygen atoms in total. The lowest BCUT2D eigenvalue weighted by atomic mass is 10.0. The van der Waals surface area contributed by atoms with Crippen molar-refractivity contribution in [2.45, 2.75) is 31.9 Å². The van der Waals surface area contributed by atoms with E-state index in [1.54, 1.807) is 6.20 Å². The van der Waals surface area contributed by atoms with Crippen molar-refractivity contribution in [3.63, 3.8) is 0 Å². The van der Waals surface area contributed by atoms with Gasteiger partial charge in [-0.1, -0.05) is 49.4 Å². The summed E-state index contributed by atoms with van der Waals surface area (Å²) in [4.78, 5) is 26.9. The van der Waals surface area contributed by atoms with Gasteiger partial charge in [-0.3, -0.25) is 9.78 Å². The summed E-state index contributed by atoms with van der Waals surface area (Å²) in [5, 5.41) is 14.1. The Balaban J connectivity index is 1.62. The summed E-state index contributed by atoms with van der Waals surface area (Å²) >= 11 is 0. The van der Waals surface area contributed by atoms with Gasteiger partial charge in [-0.05, 0) is 37.0 Å². The van der Waals surface area contributed by atoms with Crippen LogP contribution in [0.15, 0.2) is 66.9 Å². The van der Waals surface area contributed by atoms with E-state index in [2.05, 4.69) is 15.3 Å². The molecular formula is C26H25N5O2. The molecule has 0 unspecified atom stereocenters. The second-order valence-corrected chi connectivity index (χ2v) is 8.55. The number of aromatic nitrogens is 3. The van der Waals surface area contributed by atoms with E-state index in [0.717, 1.165) is 28.5 Å². The smallest absolute Gasteiger partial charge is 0.274 e. The predicted molar refractivity (Wildman–Crippen MR) is 128 cm³/mol. The summed E-state index contributed by atoms with van der Waals surface area (Å²) in [5.41, 5.74) is 9.98. The molecule has 2 heterocycles. The fourth-order valence-corrected chi connectivity index (χ4v) is 4.47. The van der Waals surface area contributed by atoms with E-state index in [0.29, 0.717) is 17.8 Å². The van der Waals surface area contributed by atoms with Crippen LogP contribution in [0, 0.1) is 5.92 Å². The van der Waals surface area contributed by atoms with E-state index in [-0.39, 0.29) is 23.5 Å². The Bertz CT molecular complexity index is 1320. The molecule has 0 bridgehead atoms. The molecule has 7 heteroatoms. The van der Waals surface area contributed by atoms with Crippen LogP contribution in [0.1, 0.15) is 30.3 Å². The Morgan fingerprint density at radius 2 is 1.79 bits per heavy atom. The Morgan fingerprint density at radius 1 is 1.00 bits per heavy atom. The lowest BCUT2D eigenvalue weighted by Gasteiger charge is -2.21. The average molecular weight is 440 g/mol. The molecular weight excluding hydrogens is 414 g/mol. The number of carbonyl (C=O) groups is 1. The van der Waals surface area contributed by atoms with Gasteiger partial charge in [-0.2, -0.15) is 0 Å². The number of hydrogen-bond donors (Lipinski definition) is 3. The normalized spacial score (nSPS) is 20.1. The molecule has 33 heavy (non-hydrogen) atoms. The third-order valence-corrected chi connectivity index (χ3v) is 6.30. The minimum Gasteiger partial charge on any atom is -0.391 e. The minimum absolute atomic E-state index is 0.0534. The summed E-state index contributed by atoms with van der Waals surface area (Å²) in [6.45, 7) is 2.02. The standard InChI is InChI=1S/C26H25N5O2/c1-15-9-12-20(32)21(15)31-26(33)24-25(27)30-22(16-6-3-2-4-7-16)23(29-24)18-10-11-19-17(14-18)8-5-13-28-19/h2-8,10-11,13-15,20-21,32H,9,12H2,1H3,(H2,27,30)(H,31,33)/t15-,20-,21-/m0/s1. The number of hydrogen-bond acceptors (Lipinski definition) is 6. The zero-order valence-electron chi connectivity index (χ0n) is 18.3. The fraction of sp³-hybridized carbons (Fsp3) is 0.231.